The van der Waals surface area contributed by atoms with Crippen LogP contribution in [0, 0.1) is 0 Å². The summed E-state index contributed by atoms with van der Waals surface area (Å²) in [6.45, 7) is 4.22. The van der Waals surface area contributed by atoms with E-state index in [0.29, 0.717) is 6.54 Å². The van der Waals surface area contributed by atoms with Gasteiger partial charge in [-0.25, -0.2) is 14.4 Å². The Labute approximate surface area is 157 Å². The Morgan fingerprint density at radius 1 is 1.15 bits per heavy atom. The van der Waals surface area contributed by atoms with Crippen molar-refractivity contribution >= 4 is 29.6 Å². The zero-order chi connectivity index (χ0) is 20.1. The lowest BCUT2D eigenvalue weighted by Gasteiger charge is -2.21. The van der Waals surface area contributed by atoms with Crippen molar-refractivity contribution in [2.24, 2.45) is 0 Å². The van der Waals surface area contributed by atoms with Gasteiger partial charge in [-0.15, -0.1) is 0 Å². The zero-order valence-corrected chi connectivity index (χ0v) is 15.7. The third-order valence-corrected chi connectivity index (χ3v) is 4.21. The molecule has 0 spiro atoms. The molecule has 1 saturated heterocycles. The average molecular weight is 377 g/mol. The fourth-order valence-electron chi connectivity index (χ4n) is 2.85. The Hall–Kier alpha value is -3.10. The molecule has 0 bridgehead atoms. The quantitative estimate of drug-likeness (QED) is 0.750. The van der Waals surface area contributed by atoms with Gasteiger partial charge in [-0.05, 0) is 32.0 Å². The van der Waals surface area contributed by atoms with Crippen LogP contribution in [-0.4, -0.2) is 61.6 Å². The first-order valence-electron chi connectivity index (χ1n) is 8.44. The topological polar surface area (TPSA) is 114 Å². The van der Waals surface area contributed by atoms with E-state index >= 15 is 0 Å². The van der Waals surface area contributed by atoms with Crippen LogP contribution in [0.25, 0.3) is 0 Å². The van der Waals surface area contributed by atoms with Crippen molar-refractivity contribution in [2.45, 2.75) is 32.4 Å². The Morgan fingerprint density at radius 3 is 2.37 bits per heavy atom. The second kappa shape index (κ2) is 8.52. The maximum Gasteiger partial charge on any atom is 0.339 e. The number of esters is 2. The molecular weight excluding hydrogens is 354 g/mol. The number of carbonyl (C=O) groups excluding carboxylic acids is 4. The molecule has 0 saturated carbocycles. The van der Waals surface area contributed by atoms with Crippen LogP contribution >= 0.6 is 0 Å². The maximum atomic E-state index is 12.3. The summed E-state index contributed by atoms with van der Waals surface area (Å²) >= 11 is 0. The number of hydrogen-bond donors (Lipinski definition) is 2. The second-order valence-corrected chi connectivity index (χ2v) is 6.38. The summed E-state index contributed by atoms with van der Waals surface area (Å²) in [7, 11) is 2.44. The van der Waals surface area contributed by atoms with Crippen LogP contribution < -0.4 is 10.6 Å². The molecule has 1 aromatic carbocycles. The number of methoxy groups -OCH3 is 2. The lowest BCUT2D eigenvalue weighted by molar-refractivity contribution is -0.129. The summed E-state index contributed by atoms with van der Waals surface area (Å²) in [5, 5.41) is 5.25. The van der Waals surface area contributed by atoms with Crippen LogP contribution in [0.15, 0.2) is 18.2 Å². The Bertz CT molecular complexity index is 761. The highest BCUT2D eigenvalue weighted by Crippen LogP contribution is 2.20. The standard InChI is InChI=1S/C18H23N3O6/c1-10(2)21-9-12(8-15(21)22)19-18(25)20-14-7-11(16(23)26-3)5-6-13(14)17(24)27-4/h5-7,10,12H,8-9H2,1-4H3,(H2,19,20,25). The van der Waals surface area contributed by atoms with Crippen molar-refractivity contribution in [3.05, 3.63) is 29.3 Å². The van der Waals surface area contributed by atoms with E-state index in [1.165, 1.54) is 32.4 Å². The van der Waals surface area contributed by atoms with Crippen LogP contribution in [0.3, 0.4) is 0 Å². The highest BCUT2D eigenvalue weighted by Gasteiger charge is 2.32. The molecule has 2 N–H and O–H groups in total. The van der Waals surface area contributed by atoms with Crippen molar-refractivity contribution in [1.29, 1.82) is 0 Å². The van der Waals surface area contributed by atoms with E-state index in [1.54, 1.807) is 4.90 Å². The van der Waals surface area contributed by atoms with E-state index in [4.69, 9.17) is 4.74 Å². The number of amides is 3. The van der Waals surface area contributed by atoms with Crippen molar-refractivity contribution in [3.8, 4) is 0 Å². The number of nitrogens with zero attached hydrogens (tertiary/aromatic N) is 1. The van der Waals surface area contributed by atoms with Gasteiger partial charge >= 0.3 is 18.0 Å². The molecule has 27 heavy (non-hydrogen) atoms. The molecule has 1 fully saturated rings. The molecule has 3 amide bonds. The molecule has 1 aromatic rings. The van der Waals surface area contributed by atoms with Gasteiger partial charge in [-0.3, -0.25) is 4.79 Å². The summed E-state index contributed by atoms with van der Waals surface area (Å²) in [5.41, 5.74) is 0.362. The van der Waals surface area contributed by atoms with E-state index in [-0.39, 0.29) is 41.2 Å². The molecule has 1 aliphatic heterocycles. The average Bonchev–Trinajstić information content (AvgIpc) is 3.00. The molecule has 1 heterocycles. The maximum absolute atomic E-state index is 12.3. The minimum Gasteiger partial charge on any atom is -0.465 e. The van der Waals surface area contributed by atoms with E-state index in [2.05, 4.69) is 15.4 Å². The van der Waals surface area contributed by atoms with Crippen LogP contribution in [-0.2, 0) is 14.3 Å². The molecule has 146 valence electrons. The Kier molecular flexibility index (Phi) is 6.38. The van der Waals surface area contributed by atoms with Crippen molar-refractivity contribution < 1.29 is 28.7 Å². The van der Waals surface area contributed by atoms with Crippen molar-refractivity contribution in [1.82, 2.24) is 10.2 Å². The first-order valence-corrected chi connectivity index (χ1v) is 8.44. The van der Waals surface area contributed by atoms with E-state index < -0.39 is 18.0 Å². The predicted molar refractivity (Wildman–Crippen MR) is 96.5 cm³/mol. The first-order chi connectivity index (χ1) is 12.8. The smallest absolute Gasteiger partial charge is 0.339 e. The highest BCUT2D eigenvalue weighted by molar-refractivity contribution is 6.03. The van der Waals surface area contributed by atoms with Gasteiger partial charge in [0, 0.05) is 19.0 Å². The molecule has 2 rings (SSSR count). The number of hydrogen-bond acceptors (Lipinski definition) is 6. The molecule has 9 heteroatoms. The van der Waals surface area contributed by atoms with E-state index in [1.807, 2.05) is 13.8 Å². The lowest BCUT2D eigenvalue weighted by atomic mass is 10.1. The number of urea groups is 1. The number of ether oxygens (including phenoxy) is 2. The molecule has 1 atom stereocenters. The van der Waals surface area contributed by atoms with Gasteiger partial charge in [0.2, 0.25) is 5.91 Å². The first kappa shape index (κ1) is 20.2. The second-order valence-electron chi connectivity index (χ2n) is 6.38. The third-order valence-electron chi connectivity index (χ3n) is 4.21. The van der Waals surface area contributed by atoms with Crippen LogP contribution in [0.1, 0.15) is 41.0 Å². The largest absolute Gasteiger partial charge is 0.465 e. The number of likely N-dealkylation sites (tertiary alicyclic amines) is 1. The SMILES string of the molecule is COC(=O)c1ccc(C(=O)OC)c(NC(=O)NC2CC(=O)N(C(C)C)C2)c1. The third kappa shape index (κ3) is 4.75. The summed E-state index contributed by atoms with van der Waals surface area (Å²) in [4.78, 5) is 49.6. The molecule has 1 unspecified atom stereocenters. The fourth-order valence-corrected chi connectivity index (χ4v) is 2.85. The number of benzene rings is 1. The Morgan fingerprint density at radius 2 is 1.81 bits per heavy atom. The van der Waals surface area contributed by atoms with Gasteiger partial charge < -0.3 is 25.0 Å². The van der Waals surface area contributed by atoms with Gasteiger partial charge in [0.25, 0.3) is 0 Å². The normalized spacial score (nSPS) is 16.3. The Balaban J connectivity index is 2.14. The van der Waals surface area contributed by atoms with E-state index in [0.717, 1.165) is 0 Å². The molecule has 0 aromatic heterocycles. The monoisotopic (exact) mass is 377 g/mol. The highest BCUT2D eigenvalue weighted by atomic mass is 16.5. The van der Waals surface area contributed by atoms with Crippen molar-refractivity contribution in [2.75, 3.05) is 26.1 Å². The number of rotatable bonds is 5. The van der Waals surface area contributed by atoms with Gasteiger partial charge in [-0.1, -0.05) is 0 Å². The zero-order valence-electron chi connectivity index (χ0n) is 15.7. The van der Waals surface area contributed by atoms with Crippen LogP contribution in [0.2, 0.25) is 0 Å². The number of carbonyl (C=O) groups is 4. The summed E-state index contributed by atoms with van der Waals surface area (Å²) in [6.07, 6.45) is 0.206. The summed E-state index contributed by atoms with van der Waals surface area (Å²) in [6, 6.07) is 3.22. The van der Waals surface area contributed by atoms with Gasteiger partial charge in [0.1, 0.15) is 0 Å². The minimum absolute atomic E-state index is 0.0294. The molecule has 9 nitrogen and oxygen atoms in total. The van der Waals surface area contributed by atoms with Crippen molar-refractivity contribution in [3.63, 3.8) is 0 Å². The van der Waals surface area contributed by atoms with Gasteiger partial charge in [0.05, 0.1) is 37.1 Å². The lowest BCUT2D eigenvalue weighted by Crippen LogP contribution is -2.41. The van der Waals surface area contributed by atoms with Crippen LogP contribution in [0.4, 0.5) is 10.5 Å². The molecular formula is C18H23N3O6. The minimum atomic E-state index is -0.663. The van der Waals surface area contributed by atoms with Gasteiger partial charge in [0.15, 0.2) is 0 Å². The van der Waals surface area contributed by atoms with E-state index in [9.17, 15) is 19.2 Å². The molecule has 1 aliphatic rings. The van der Waals surface area contributed by atoms with Gasteiger partial charge in [-0.2, -0.15) is 0 Å². The van der Waals surface area contributed by atoms with Crippen LogP contribution in [0.5, 0.6) is 0 Å². The summed E-state index contributed by atoms with van der Waals surface area (Å²) in [5.74, 6) is -1.30. The number of nitrogens with one attached hydrogen (secondary N) is 2. The number of anilines is 1. The molecule has 0 radical (unpaired) electrons. The fraction of sp³-hybridized carbons (Fsp3) is 0.444. The summed E-state index contributed by atoms with van der Waals surface area (Å²) < 4.78 is 9.35. The predicted octanol–water partition coefficient (Wildman–Crippen LogP) is 1.39. The molecule has 0 aliphatic carbocycles.